The van der Waals surface area contributed by atoms with Crippen molar-refractivity contribution in [2.45, 2.75) is 50.5 Å². The molecule has 0 bridgehead atoms. The van der Waals surface area contributed by atoms with E-state index in [2.05, 4.69) is 24.1 Å². The second-order valence-electron chi connectivity index (χ2n) is 9.76. The Labute approximate surface area is 227 Å². The van der Waals surface area contributed by atoms with Gasteiger partial charge in [-0.3, -0.25) is 9.59 Å². The van der Waals surface area contributed by atoms with Crippen molar-refractivity contribution in [3.63, 3.8) is 0 Å². The molecule has 0 aliphatic carbocycles. The van der Waals surface area contributed by atoms with Crippen LogP contribution in [0.15, 0.2) is 29.2 Å². The van der Waals surface area contributed by atoms with Crippen LogP contribution in [0.2, 0.25) is 0 Å². The Balaban J connectivity index is 1.78. The molecule has 11 nitrogen and oxygen atoms in total. The third-order valence-corrected chi connectivity index (χ3v) is 9.69. The van der Waals surface area contributed by atoms with E-state index < -0.39 is 25.8 Å². The molecule has 216 valence electrons. The summed E-state index contributed by atoms with van der Waals surface area (Å²) >= 11 is 0. The number of rotatable bonds is 16. The predicted octanol–water partition coefficient (Wildman–Crippen LogP) is 0.662. The molecule has 1 atom stereocenters. The first-order valence-corrected chi connectivity index (χ1v) is 16.5. The maximum absolute atomic E-state index is 12.8. The summed E-state index contributed by atoms with van der Waals surface area (Å²) in [7, 11) is -6.86. The number of nitrogens with zero attached hydrogens (tertiary/aromatic N) is 3. The molecule has 13 heteroatoms. The van der Waals surface area contributed by atoms with E-state index in [9.17, 15) is 26.4 Å². The lowest BCUT2D eigenvalue weighted by Gasteiger charge is -2.28. The van der Waals surface area contributed by atoms with Gasteiger partial charge in [0.05, 0.1) is 23.7 Å². The number of likely N-dealkylation sites (N-methyl/N-ethyl adjacent to an activating group) is 1. The molecule has 1 aromatic rings. The van der Waals surface area contributed by atoms with Gasteiger partial charge in [-0.15, -0.1) is 0 Å². The number of hydrogen-bond donors (Lipinski definition) is 2. The molecule has 2 rings (SSSR count). The minimum absolute atomic E-state index is 0.0152. The van der Waals surface area contributed by atoms with E-state index >= 15 is 0 Å². The van der Waals surface area contributed by atoms with Gasteiger partial charge in [0.15, 0.2) is 9.84 Å². The normalized spacial score (nSPS) is 16.5. The Bertz CT molecular complexity index is 1120. The molecule has 0 saturated carbocycles. The number of unbranched alkanes of at least 4 members (excludes halogenated alkanes) is 1. The average Bonchev–Trinajstić information content (AvgIpc) is 3.03. The number of carbonyl (C=O) groups excluding carboxylic acids is 1. The van der Waals surface area contributed by atoms with Crippen LogP contribution in [0.3, 0.4) is 0 Å². The van der Waals surface area contributed by atoms with Crippen molar-refractivity contribution in [3.05, 3.63) is 29.8 Å². The Morgan fingerprint density at radius 2 is 1.82 bits per heavy atom. The van der Waals surface area contributed by atoms with Crippen LogP contribution in [0.1, 0.15) is 38.7 Å². The van der Waals surface area contributed by atoms with Crippen molar-refractivity contribution in [3.8, 4) is 0 Å². The van der Waals surface area contributed by atoms with Crippen LogP contribution in [0, 0.1) is 0 Å². The molecule has 1 aliphatic heterocycles. The predicted molar refractivity (Wildman–Crippen MR) is 146 cm³/mol. The molecule has 1 saturated heterocycles. The van der Waals surface area contributed by atoms with Crippen LogP contribution < -0.4 is 5.32 Å². The highest BCUT2D eigenvalue weighted by molar-refractivity contribution is 7.90. The number of sulfone groups is 1. The lowest BCUT2D eigenvalue weighted by atomic mass is 10.1. The summed E-state index contributed by atoms with van der Waals surface area (Å²) in [5, 5.41) is 11.2. The second kappa shape index (κ2) is 14.9. The molecule has 0 radical (unpaired) electrons. The fraction of sp³-hybridized carbons (Fsp3) is 0.680. The summed E-state index contributed by atoms with van der Waals surface area (Å²) in [6, 6.07) is 7.29. The van der Waals surface area contributed by atoms with Crippen molar-refractivity contribution < 1.29 is 31.5 Å². The zero-order valence-electron chi connectivity index (χ0n) is 22.6. The number of nitrogens with one attached hydrogen (secondary N) is 1. The van der Waals surface area contributed by atoms with E-state index in [1.807, 2.05) is 12.1 Å². The maximum atomic E-state index is 12.8. The van der Waals surface area contributed by atoms with Crippen molar-refractivity contribution in [1.82, 2.24) is 19.4 Å². The fourth-order valence-corrected chi connectivity index (χ4v) is 6.55. The smallest absolute Gasteiger partial charge is 0.317 e. The topological polar surface area (TPSA) is 144 Å². The first-order chi connectivity index (χ1) is 17.8. The monoisotopic (exact) mass is 574 g/mol. The lowest BCUT2D eigenvalue weighted by molar-refractivity contribution is -0.136. The Hall–Kier alpha value is -2.06. The van der Waals surface area contributed by atoms with Gasteiger partial charge >= 0.3 is 5.97 Å². The summed E-state index contributed by atoms with van der Waals surface area (Å²) in [6.07, 6.45) is 4.27. The summed E-state index contributed by atoms with van der Waals surface area (Å²) in [5.41, 5.74) is 1.08. The molecule has 0 spiro atoms. The van der Waals surface area contributed by atoms with Crippen LogP contribution >= 0.6 is 0 Å². The number of hydrogen-bond acceptors (Lipinski definition) is 8. The molecule has 1 unspecified atom stereocenters. The second-order valence-corrected chi connectivity index (χ2v) is 13.9. The van der Waals surface area contributed by atoms with Gasteiger partial charge < -0.3 is 20.2 Å². The van der Waals surface area contributed by atoms with Crippen molar-refractivity contribution >= 4 is 31.7 Å². The minimum Gasteiger partial charge on any atom is -0.480 e. The number of benzene rings is 1. The van der Waals surface area contributed by atoms with Crippen LogP contribution in [-0.2, 0) is 35.9 Å². The number of carbonyl (C=O) groups is 2. The molecule has 38 heavy (non-hydrogen) atoms. The number of amides is 1. The highest BCUT2D eigenvalue weighted by Gasteiger charge is 2.29. The number of carboxylic acid groups (broad SMARTS) is 1. The third-order valence-electron chi connectivity index (χ3n) is 6.74. The van der Waals surface area contributed by atoms with E-state index in [1.165, 1.54) is 10.6 Å². The van der Waals surface area contributed by atoms with E-state index in [-0.39, 0.29) is 43.9 Å². The van der Waals surface area contributed by atoms with Gasteiger partial charge in [-0.25, -0.2) is 16.8 Å². The van der Waals surface area contributed by atoms with Crippen LogP contribution in [0.5, 0.6) is 0 Å². The lowest BCUT2D eigenvalue weighted by Crippen LogP contribution is -2.42. The number of aliphatic carboxylic acids is 1. The number of carboxylic acids is 1. The first-order valence-electron chi connectivity index (χ1n) is 13.0. The Morgan fingerprint density at radius 1 is 1.13 bits per heavy atom. The first kappa shape index (κ1) is 32.2. The van der Waals surface area contributed by atoms with E-state index in [1.54, 1.807) is 17.0 Å². The van der Waals surface area contributed by atoms with Crippen molar-refractivity contribution in [2.24, 2.45) is 0 Å². The maximum Gasteiger partial charge on any atom is 0.317 e. The molecule has 1 heterocycles. The highest BCUT2D eigenvalue weighted by atomic mass is 32.2. The largest absolute Gasteiger partial charge is 0.480 e. The quantitative estimate of drug-likeness (QED) is 0.272. The van der Waals surface area contributed by atoms with Gasteiger partial charge in [-0.2, -0.15) is 4.31 Å². The van der Waals surface area contributed by atoms with Crippen molar-refractivity contribution in [1.29, 1.82) is 0 Å². The molecular formula is C25H42N4O7S2. The van der Waals surface area contributed by atoms with Gasteiger partial charge in [0, 0.05) is 38.5 Å². The number of sulfonamides is 1. The summed E-state index contributed by atoms with van der Waals surface area (Å²) in [5.74, 6) is -1.51. The Morgan fingerprint density at radius 3 is 2.42 bits per heavy atom. The molecule has 1 aliphatic rings. The summed E-state index contributed by atoms with van der Waals surface area (Å²) < 4.78 is 49.7. The summed E-state index contributed by atoms with van der Waals surface area (Å²) in [6.45, 7) is 6.88. The molecule has 2 N–H and O–H groups in total. The zero-order chi connectivity index (χ0) is 28.3. The minimum atomic E-state index is -3.65. The van der Waals surface area contributed by atoms with Gasteiger partial charge in [0.2, 0.25) is 15.9 Å². The van der Waals surface area contributed by atoms with Gasteiger partial charge in [-0.1, -0.05) is 19.1 Å². The SMILES string of the molecule is CCN(CCCCN1CCCN(S(=O)(=O)CCNCC(=O)O)CC1=O)C(C)Cc1ccc(S(C)(=O)=O)cc1. The van der Waals surface area contributed by atoms with Crippen LogP contribution in [-0.4, -0.2) is 118 Å². The van der Waals surface area contributed by atoms with Gasteiger partial charge in [-0.05, 0) is 63.4 Å². The Kier molecular flexibility index (Phi) is 12.6. The van der Waals surface area contributed by atoms with Gasteiger partial charge in [0.25, 0.3) is 0 Å². The molecule has 1 aromatic carbocycles. The van der Waals surface area contributed by atoms with Gasteiger partial charge in [0.1, 0.15) is 0 Å². The standard InChI is InChI=1S/C25H42N4O7S2/c1-4-27(21(2)18-22-8-10-23(11-9-22)37(3,33)34)13-5-6-14-28-15-7-16-29(20-24(28)30)38(35,36)17-12-26-19-25(31)32/h8-11,21,26H,4-7,12-20H2,1-3H3,(H,31,32). The highest BCUT2D eigenvalue weighted by Crippen LogP contribution is 2.15. The van der Waals surface area contributed by atoms with Crippen LogP contribution in [0.4, 0.5) is 0 Å². The molecule has 1 amide bonds. The van der Waals surface area contributed by atoms with E-state index in [0.717, 1.165) is 37.9 Å². The zero-order valence-corrected chi connectivity index (χ0v) is 24.3. The fourth-order valence-electron chi connectivity index (χ4n) is 4.54. The third kappa shape index (κ3) is 10.6. The summed E-state index contributed by atoms with van der Waals surface area (Å²) in [4.78, 5) is 27.7. The van der Waals surface area contributed by atoms with E-state index in [4.69, 9.17) is 5.11 Å². The van der Waals surface area contributed by atoms with Crippen molar-refractivity contribution in [2.75, 3.05) is 64.4 Å². The molecule has 0 aromatic heterocycles. The van der Waals surface area contributed by atoms with E-state index in [0.29, 0.717) is 24.4 Å². The molecular weight excluding hydrogens is 532 g/mol. The van der Waals surface area contributed by atoms with Crippen LogP contribution in [0.25, 0.3) is 0 Å². The average molecular weight is 575 g/mol. The molecule has 1 fully saturated rings.